The molecule has 0 aliphatic rings. The summed E-state index contributed by atoms with van der Waals surface area (Å²) in [5.74, 6) is 1.03. The van der Waals surface area contributed by atoms with Gasteiger partial charge >= 0.3 is 0 Å². The molecule has 3 nitrogen and oxygen atoms in total. The summed E-state index contributed by atoms with van der Waals surface area (Å²) in [5, 5.41) is 12.4. The van der Waals surface area contributed by atoms with Gasteiger partial charge in [-0.15, -0.1) is 0 Å². The Morgan fingerprint density at radius 2 is 2.12 bits per heavy atom. The minimum absolute atomic E-state index is 0.223. The van der Waals surface area contributed by atoms with Crippen LogP contribution in [0.3, 0.4) is 0 Å². The predicted octanol–water partition coefficient (Wildman–Crippen LogP) is 2.70. The number of unbranched alkanes of at least 4 members (excludes halogenated alkanes) is 1. The average molecular weight is 222 g/mol. The molecule has 2 N–H and O–H groups in total. The van der Waals surface area contributed by atoms with Gasteiger partial charge in [-0.3, -0.25) is 4.98 Å². The molecule has 16 heavy (non-hydrogen) atoms. The van der Waals surface area contributed by atoms with Crippen molar-refractivity contribution in [1.29, 1.82) is 0 Å². The van der Waals surface area contributed by atoms with Gasteiger partial charge in [0.05, 0.1) is 11.9 Å². The highest BCUT2D eigenvalue weighted by atomic mass is 16.3. The van der Waals surface area contributed by atoms with E-state index in [-0.39, 0.29) is 5.75 Å². The second-order valence-electron chi connectivity index (χ2n) is 4.57. The lowest BCUT2D eigenvalue weighted by molar-refractivity contribution is 0.471. The van der Waals surface area contributed by atoms with Gasteiger partial charge in [0.25, 0.3) is 0 Å². The standard InChI is InChI=1S/C13H22N2O/c1-11(2)5-3-4-8-14-9-12-6-7-13(16)10-15-12/h6-7,10-11,14,16H,3-5,8-9H2,1-2H3. The van der Waals surface area contributed by atoms with Crippen LogP contribution in [0.15, 0.2) is 18.3 Å². The maximum Gasteiger partial charge on any atom is 0.133 e. The highest BCUT2D eigenvalue weighted by molar-refractivity contribution is 5.17. The van der Waals surface area contributed by atoms with E-state index in [0.29, 0.717) is 0 Å². The number of nitrogens with one attached hydrogen (secondary N) is 1. The summed E-state index contributed by atoms with van der Waals surface area (Å²) in [7, 11) is 0. The molecule has 1 heterocycles. The quantitative estimate of drug-likeness (QED) is 0.697. The number of nitrogens with zero attached hydrogens (tertiary/aromatic N) is 1. The van der Waals surface area contributed by atoms with Gasteiger partial charge in [0.1, 0.15) is 5.75 Å². The number of aromatic hydroxyl groups is 1. The first-order valence-corrected chi connectivity index (χ1v) is 6.03. The van der Waals surface area contributed by atoms with E-state index in [1.54, 1.807) is 6.07 Å². The molecule has 0 saturated carbocycles. The molecule has 0 spiro atoms. The van der Waals surface area contributed by atoms with E-state index in [1.165, 1.54) is 25.5 Å². The molecule has 1 aromatic rings. The van der Waals surface area contributed by atoms with Crippen LogP contribution < -0.4 is 5.32 Å². The molecule has 0 atom stereocenters. The van der Waals surface area contributed by atoms with E-state index in [2.05, 4.69) is 24.1 Å². The van der Waals surface area contributed by atoms with Crippen LogP contribution in [0, 0.1) is 5.92 Å². The first kappa shape index (κ1) is 13.0. The van der Waals surface area contributed by atoms with Gasteiger partial charge in [0.15, 0.2) is 0 Å². The van der Waals surface area contributed by atoms with Crippen LogP contribution in [0.5, 0.6) is 5.75 Å². The number of hydrogen-bond donors (Lipinski definition) is 2. The van der Waals surface area contributed by atoms with E-state index in [0.717, 1.165) is 24.7 Å². The van der Waals surface area contributed by atoms with E-state index in [9.17, 15) is 0 Å². The molecule has 0 aliphatic heterocycles. The van der Waals surface area contributed by atoms with Crippen LogP contribution >= 0.6 is 0 Å². The fraction of sp³-hybridized carbons (Fsp3) is 0.615. The van der Waals surface area contributed by atoms with Crippen LogP contribution in [-0.4, -0.2) is 16.6 Å². The van der Waals surface area contributed by atoms with Crippen molar-refractivity contribution in [2.45, 2.75) is 39.7 Å². The van der Waals surface area contributed by atoms with E-state index >= 15 is 0 Å². The molecular formula is C13H22N2O. The molecule has 0 aliphatic carbocycles. The van der Waals surface area contributed by atoms with Gasteiger partial charge < -0.3 is 10.4 Å². The van der Waals surface area contributed by atoms with Gasteiger partial charge in [0.2, 0.25) is 0 Å². The maximum absolute atomic E-state index is 9.07. The number of rotatable bonds is 7. The zero-order chi connectivity index (χ0) is 11.8. The number of aromatic nitrogens is 1. The smallest absolute Gasteiger partial charge is 0.133 e. The molecule has 0 bridgehead atoms. The van der Waals surface area contributed by atoms with Crippen molar-refractivity contribution in [3.63, 3.8) is 0 Å². The third kappa shape index (κ3) is 5.71. The normalized spacial score (nSPS) is 10.9. The van der Waals surface area contributed by atoms with Crippen LogP contribution in [-0.2, 0) is 6.54 Å². The van der Waals surface area contributed by atoms with E-state index < -0.39 is 0 Å². The Labute approximate surface area is 97.9 Å². The second-order valence-corrected chi connectivity index (χ2v) is 4.57. The van der Waals surface area contributed by atoms with Crippen molar-refractivity contribution < 1.29 is 5.11 Å². The molecule has 1 aromatic heterocycles. The highest BCUT2D eigenvalue weighted by Gasteiger charge is 1.96. The van der Waals surface area contributed by atoms with Gasteiger partial charge in [-0.05, 0) is 31.0 Å². The summed E-state index contributed by atoms with van der Waals surface area (Å²) >= 11 is 0. The first-order valence-electron chi connectivity index (χ1n) is 6.03. The lowest BCUT2D eigenvalue weighted by atomic mass is 10.1. The summed E-state index contributed by atoms with van der Waals surface area (Å²) in [6.45, 7) is 6.33. The molecular weight excluding hydrogens is 200 g/mol. The fourth-order valence-electron chi connectivity index (χ4n) is 1.54. The molecule has 1 rings (SSSR count). The van der Waals surface area contributed by atoms with Gasteiger partial charge in [-0.25, -0.2) is 0 Å². The minimum Gasteiger partial charge on any atom is -0.506 e. The molecule has 90 valence electrons. The second kappa shape index (κ2) is 7.23. The minimum atomic E-state index is 0.223. The van der Waals surface area contributed by atoms with Crippen molar-refractivity contribution in [2.24, 2.45) is 5.92 Å². The zero-order valence-electron chi connectivity index (χ0n) is 10.2. The zero-order valence-corrected chi connectivity index (χ0v) is 10.2. The largest absolute Gasteiger partial charge is 0.506 e. The van der Waals surface area contributed by atoms with Gasteiger partial charge in [-0.1, -0.05) is 26.7 Å². The molecule has 0 saturated heterocycles. The topological polar surface area (TPSA) is 45.1 Å². The predicted molar refractivity (Wildman–Crippen MR) is 66.3 cm³/mol. The summed E-state index contributed by atoms with van der Waals surface area (Å²) in [5.41, 5.74) is 0.974. The van der Waals surface area contributed by atoms with Crippen molar-refractivity contribution >= 4 is 0 Å². The summed E-state index contributed by atoms with van der Waals surface area (Å²) in [4.78, 5) is 4.11. The third-order valence-corrected chi connectivity index (χ3v) is 2.50. The van der Waals surface area contributed by atoms with Crippen LogP contribution in [0.2, 0.25) is 0 Å². The molecule has 0 fully saturated rings. The Morgan fingerprint density at radius 3 is 2.75 bits per heavy atom. The molecule has 0 radical (unpaired) electrons. The summed E-state index contributed by atoms with van der Waals surface area (Å²) in [6, 6.07) is 3.51. The Kier molecular flexibility index (Phi) is 5.86. The fourth-order valence-corrected chi connectivity index (χ4v) is 1.54. The average Bonchev–Trinajstić information content (AvgIpc) is 2.25. The molecule has 0 aromatic carbocycles. The lowest BCUT2D eigenvalue weighted by Crippen LogP contribution is -2.15. The molecule has 3 heteroatoms. The van der Waals surface area contributed by atoms with Crippen molar-refractivity contribution in [2.75, 3.05) is 6.54 Å². The van der Waals surface area contributed by atoms with Crippen molar-refractivity contribution in [1.82, 2.24) is 10.3 Å². The number of pyridine rings is 1. The van der Waals surface area contributed by atoms with Crippen LogP contribution in [0.1, 0.15) is 38.8 Å². The van der Waals surface area contributed by atoms with Gasteiger partial charge in [0, 0.05) is 6.54 Å². The Bertz CT molecular complexity index is 282. The Morgan fingerprint density at radius 1 is 1.31 bits per heavy atom. The maximum atomic E-state index is 9.07. The third-order valence-electron chi connectivity index (χ3n) is 2.50. The Balaban J connectivity index is 2.05. The SMILES string of the molecule is CC(C)CCCCNCc1ccc(O)cn1. The van der Waals surface area contributed by atoms with Crippen molar-refractivity contribution in [3.05, 3.63) is 24.0 Å². The Hall–Kier alpha value is -1.09. The van der Waals surface area contributed by atoms with Crippen molar-refractivity contribution in [3.8, 4) is 5.75 Å². The number of hydrogen-bond acceptors (Lipinski definition) is 3. The summed E-state index contributed by atoms with van der Waals surface area (Å²) < 4.78 is 0. The van der Waals surface area contributed by atoms with E-state index in [1.807, 2.05) is 6.07 Å². The van der Waals surface area contributed by atoms with Crippen LogP contribution in [0.25, 0.3) is 0 Å². The van der Waals surface area contributed by atoms with Crippen LogP contribution in [0.4, 0.5) is 0 Å². The monoisotopic (exact) mass is 222 g/mol. The van der Waals surface area contributed by atoms with E-state index in [4.69, 9.17) is 5.11 Å². The first-order chi connectivity index (χ1) is 7.68. The molecule has 0 amide bonds. The highest BCUT2D eigenvalue weighted by Crippen LogP contribution is 2.06. The van der Waals surface area contributed by atoms with Gasteiger partial charge in [-0.2, -0.15) is 0 Å². The lowest BCUT2D eigenvalue weighted by Gasteiger charge is -2.06. The molecule has 0 unspecified atom stereocenters. The summed E-state index contributed by atoms with van der Waals surface area (Å²) in [6.07, 6.45) is 5.29.